The molecule has 184 valence electrons. The number of benzene rings is 2. The number of nitrogens with one attached hydrogen (secondary N) is 4. The van der Waals surface area contributed by atoms with Gasteiger partial charge in [-0.05, 0) is 48.7 Å². The number of hydrogen-bond acceptors (Lipinski definition) is 5. The monoisotopic (exact) mass is 517 g/mol. The number of amides is 4. The van der Waals surface area contributed by atoms with Gasteiger partial charge in [-0.15, -0.1) is 0 Å². The first-order valence-corrected chi connectivity index (χ1v) is 12.7. The summed E-state index contributed by atoms with van der Waals surface area (Å²) in [5.41, 5.74) is 1.82. The van der Waals surface area contributed by atoms with Crippen LogP contribution in [0, 0.1) is 0 Å². The topological polar surface area (TPSA) is 137 Å². The summed E-state index contributed by atoms with van der Waals surface area (Å²) in [6, 6.07) is 14.1. The van der Waals surface area contributed by atoms with Crippen molar-refractivity contribution in [2.75, 3.05) is 23.7 Å². The molecule has 3 aromatic rings. The number of rotatable bonds is 7. The van der Waals surface area contributed by atoms with Crippen molar-refractivity contribution in [1.82, 2.24) is 24.1 Å². The molecule has 1 aliphatic heterocycles. The fourth-order valence-electron chi connectivity index (χ4n) is 3.59. The molecule has 11 nitrogen and oxygen atoms in total. The van der Waals surface area contributed by atoms with Gasteiger partial charge in [0.15, 0.2) is 0 Å². The molecule has 1 fully saturated rings. The Kier molecular flexibility index (Phi) is 7.54. The van der Waals surface area contributed by atoms with E-state index >= 15 is 0 Å². The van der Waals surface area contributed by atoms with Crippen LogP contribution in [0.3, 0.4) is 0 Å². The molecule has 35 heavy (non-hydrogen) atoms. The third-order valence-electron chi connectivity index (χ3n) is 5.27. The fourth-order valence-corrected chi connectivity index (χ4v) is 4.89. The standard InChI is InChI=1S/C22H24ClN7O4S/c23-17-7-9-18(10-8-17)26-22(32)27-20-11-12-25-30(20)19-6-2-1-5-16(19)15-24-21(31)28-35(33,34)29-13-3-4-14-29/h1-2,5-12H,3-4,13-15H2,(H2,24,28,31)(H2,26,27,32). The zero-order chi connectivity index (χ0) is 24.8. The van der Waals surface area contributed by atoms with Crippen molar-refractivity contribution in [3.05, 3.63) is 71.4 Å². The van der Waals surface area contributed by atoms with E-state index in [0.29, 0.717) is 40.9 Å². The molecule has 0 radical (unpaired) electrons. The van der Waals surface area contributed by atoms with Gasteiger partial charge in [-0.25, -0.2) is 19.0 Å². The summed E-state index contributed by atoms with van der Waals surface area (Å²) in [5, 5.41) is 12.9. The first kappa shape index (κ1) is 24.5. The van der Waals surface area contributed by atoms with Gasteiger partial charge in [0.05, 0.1) is 11.9 Å². The number of nitrogens with zero attached hydrogens (tertiary/aromatic N) is 3. The Morgan fingerprint density at radius 1 is 0.943 bits per heavy atom. The van der Waals surface area contributed by atoms with Gasteiger partial charge in [-0.2, -0.15) is 17.8 Å². The molecule has 0 atom stereocenters. The van der Waals surface area contributed by atoms with Crippen molar-refractivity contribution in [3.8, 4) is 5.69 Å². The first-order chi connectivity index (χ1) is 16.8. The highest BCUT2D eigenvalue weighted by atomic mass is 35.5. The van der Waals surface area contributed by atoms with Crippen molar-refractivity contribution in [1.29, 1.82) is 0 Å². The molecule has 0 bridgehead atoms. The van der Waals surface area contributed by atoms with Gasteiger partial charge in [-0.1, -0.05) is 29.8 Å². The van der Waals surface area contributed by atoms with Crippen molar-refractivity contribution in [3.63, 3.8) is 0 Å². The van der Waals surface area contributed by atoms with Gasteiger partial charge in [0.2, 0.25) is 0 Å². The molecule has 4 N–H and O–H groups in total. The van der Waals surface area contributed by atoms with Crippen LogP contribution in [-0.2, 0) is 16.8 Å². The number of urea groups is 2. The first-order valence-electron chi connectivity index (χ1n) is 10.8. The summed E-state index contributed by atoms with van der Waals surface area (Å²) in [5.74, 6) is 0.393. The lowest BCUT2D eigenvalue weighted by molar-refractivity contribution is 0.244. The van der Waals surface area contributed by atoms with E-state index in [4.69, 9.17) is 11.6 Å². The molecule has 13 heteroatoms. The average Bonchev–Trinajstić information content (AvgIpc) is 3.52. The summed E-state index contributed by atoms with van der Waals surface area (Å²) < 4.78 is 29.4. The third-order valence-corrected chi connectivity index (χ3v) is 7.01. The van der Waals surface area contributed by atoms with Gasteiger partial charge in [0, 0.05) is 36.4 Å². The SMILES string of the molecule is O=C(Nc1ccc(Cl)cc1)Nc1ccnn1-c1ccccc1CNC(=O)NS(=O)(=O)N1CCCC1. The zero-order valence-corrected chi connectivity index (χ0v) is 20.1. The molecule has 1 saturated heterocycles. The largest absolute Gasteiger partial charge is 0.333 e. The van der Waals surface area contributed by atoms with Crippen LogP contribution in [0.1, 0.15) is 18.4 Å². The quantitative estimate of drug-likeness (QED) is 0.381. The molecule has 1 aromatic heterocycles. The van der Waals surface area contributed by atoms with Crippen LogP contribution >= 0.6 is 11.6 Å². The summed E-state index contributed by atoms with van der Waals surface area (Å²) >= 11 is 5.87. The van der Waals surface area contributed by atoms with Gasteiger partial charge in [0.1, 0.15) is 5.82 Å². The molecule has 2 aromatic carbocycles. The molecule has 4 rings (SSSR count). The predicted molar refractivity (Wildman–Crippen MR) is 133 cm³/mol. The maximum Gasteiger partial charge on any atom is 0.329 e. The molecule has 0 aliphatic carbocycles. The maximum atomic E-state index is 12.5. The number of para-hydroxylation sites is 1. The number of carbonyl (C=O) groups is 2. The summed E-state index contributed by atoms with van der Waals surface area (Å²) in [7, 11) is -3.87. The lowest BCUT2D eigenvalue weighted by atomic mass is 10.2. The van der Waals surface area contributed by atoms with Crippen molar-refractivity contribution >= 4 is 45.4 Å². The van der Waals surface area contributed by atoms with E-state index in [0.717, 1.165) is 12.8 Å². The minimum Gasteiger partial charge on any atom is -0.333 e. The molecule has 0 unspecified atom stereocenters. The second kappa shape index (κ2) is 10.8. The highest BCUT2D eigenvalue weighted by Gasteiger charge is 2.26. The van der Waals surface area contributed by atoms with E-state index in [2.05, 4.69) is 21.0 Å². The Labute approximate surface area is 207 Å². The van der Waals surface area contributed by atoms with Crippen LogP contribution in [0.5, 0.6) is 0 Å². The van der Waals surface area contributed by atoms with E-state index < -0.39 is 22.3 Å². The van der Waals surface area contributed by atoms with Crippen molar-refractivity contribution in [2.24, 2.45) is 0 Å². The molecule has 2 heterocycles. The zero-order valence-electron chi connectivity index (χ0n) is 18.6. The summed E-state index contributed by atoms with van der Waals surface area (Å²) in [6.07, 6.45) is 3.07. The highest BCUT2D eigenvalue weighted by molar-refractivity contribution is 7.87. The van der Waals surface area contributed by atoms with Gasteiger partial charge >= 0.3 is 22.3 Å². The lowest BCUT2D eigenvalue weighted by Gasteiger charge is -2.17. The number of aromatic nitrogens is 2. The normalized spacial score (nSPS) is 13.9. The molecule has 0 saturated carbocycles. The Balaban J connectivity index is 1.42. The Bertz CT molecular complexity index is 1310. The molecule has 4 amide bonds. The fraction of sp³-hybridized carbons (Fsp3) is 0.227. The third kappa shape index (κ3) is 6.29. The van der Waals surface area contributed by atoms with Crippen molar-refractivity contribution in [2.45, 2.75) is 19.4 Å². The molecule has 1 aliphatic rings. The van der Waals surface area contributed by atoms with Gasteiger partial charge in [-0.3, -0.25) is 5.32 Å². The minimum absolute atomic E-state index is 0.0355. The Hall–Kier alpha value is -3.61. The van der Waals surface area contributed by atoms with Crippen LogP contribution in [-0.4, -0.2) is 47.7 Å². The second-order valence-electron chi connectivity index (χ2n) is 7.74. The van der Waals surface area contributed by atoms with Gasteiger partial charge in [0.25, 0.3) is 0 Å². The number of carbonyl (C=O) groups excluding carboxylic acids is 2. The van der Waals surface area contributed by atoms with Crippen molar-refractivity contribution < 1.29 is 18.0 Å². The van der Waals surface area contributed by atoms with E-state index in [1.165, 1.54) is 15.2 Å². The summed E-state index contributed by atoms with van der Waals surface area (Å²) in [4.78, 5) is 24.7. The number of halogens is 1. The van der Waals surface area contributed by atoms with Crippen LogP contribution in [0.15, 0.2) is 60.8 Å². The van der Waals surface area contributed by atoms with Crippen LogP contribution < -0.4 is 20.7 Å². The number of anilines is 2. The van der Waals surface area contributed by atoms with E-state index in [1.54, 1.807) is 54.6 Å². The number of hydrogen-bond donors (Lipinski definition) is 4. The van der Waals surface area contributed by atoms with E-state index in [9.17, 15) is 18.0 Å². The predicted octanol–water partition coefficient (Wildman–Crippen LogP) is 3.31. The maximum absolute atomic E-state index is 12.5. The molecule has 0 spiro atoms. The van der Waals surface area contributed by atoms with E-state index in [1.807, 2.05) is 4.72 Å². The smallest absolute Gasteiger partial charge is 0.329 e. The molecular formula is C22H24ClN7O4S. The Morgan fingerprint density at radius 2 is 1.66 bits per heavy atom. The van der Waals surface area contributed by atoms with Gasteiger partial charge < -0.3 is 10.6 Å². The van der Waals surface area contributed by atoms with Crippen LogP contribution in [0.25, 0.3) is 5.69 Å². The molecular weight excluding hydrogens is 494 g/mol. The summed E-state index contributed by atoms with van der Waals surface area (Å²) in [6.45, 7) is 0.825. The van der Waals surface area contributed by atoms with E-state index in [-0.39, 0.29) is 6.54 Å². The van der Waals surface area contributed by atoms with Crippen LogP contribution in [0.4, 0.5) is 21.1 Å². The average molecular weight is 518 g/mol. The minimum atomic E-state index is -3.87. The lowest BCUT2D eigenvalue weighted by Crippen LogP contribution is -2.46. The highest BCUT2D eigenvalue weighted by Crippen LogP contribution is 2.20. The Morgan fingerprint density at radius 3 is 2.40 bits per heavy atom. The van der Waals surface area contributed by atoms with Crippen LogP contribution in [0.2, 0.25) is 5.02 Å². The second-order valence-corrected chi connectivity index (χ2v) is 9.85.